The van der Waals surface area contributed by atoms with E-state index in [0.29, 0.717) is 26.2 Å². The molecule has 0 saturated carbocycles. The van der Waals surface area contributed by atoms with Crippen LogP contribution in [0.1, 0.15) is 20.8 Å². The van der Waals surface area contributed by atoms with E-state index in [2.05, 4.69) is 21.0 Å². The number of hydrogen-bond donors (Lipinski definition) is 0. The molecule has 0 aromatic carbocycles. The minimum atomic E-state index is -0.503. The molecule has 1 aromatic rings. The normalized spacial score (nSPS) is 11.4. The van der Waals surface area contributed by atoms with Gasteiger partial charge < -0.3 is 14.4 Å². The molecule has 0 N–H and O–H groups in total. The topological polar surface area (TPSA) is 56.6 Å². The second kappa shape index (κ2) is 7.64. The molecule has 1 heterocycles. The van der Waals surface area contributed by atoms with Gasteiger partial charge in [-0.1, -0.05) is 0 Å². The summed E-state index contributed by atoms with van der Waals surface area (Å²) in [7, 11) is 1.61. The molecule has 7 heteroatoms. The fourth-order valence-corrected chi connectivity index (χ4v) is 1.83. The van der Waals surface area contributed by atoms with Gasteiger partial charge in [0.2, 0.25) is 0 Å². The second-order valence-electron chi connectivity index (χ2n) is 5.38. The fourth-order valence-electron chi connectivity index (χ4n) is 1.51. The molecule has 1 amide bonds. The Morgan fingerprint density at radius 1 is 1.45 bits per heavy atom. The highest BCUT2D eigenvalue weighted by atomic mass is 79.9. The molecule has 1 aromatic heterocycles. The number of rotatable bonds is 6. The third kappa shape index (κ3) is 6.38. The van der Waals surface area contributed by atoms with Crippen molar-refractivity contribution < 1.29 is 14.3 Å². The molecule has 0 spiro atoms. The van der Waals surface area contributed by atoms with Crippen molar-refractivity contribution in [3.63, 3.8) is 0 Å². The Morgan fingerprint density at radius 2 is 2.15 bits per heavy atom. The fraction of sp³-hybridized carbons (Fsp3) is 0.692. The van der Waals surface area contributed by atoms with Gasteiger partial charge in [-0.2, -0.15) is 5.10 Å². The lowest BCUT2D eigenvalue weighted by atomic mass is 10.2. The summed E-state index contributed by atoms with van der Waals surface area (Å²) in [6.07, 6.45) is 3.25. The van der Waals surface area contributed by atoms with Crippen LogP contribution in [-0.2, 0) is 16.0 Å². The second-order valence-corrected chi connectivity index (χ2v) is 6.30. The van der Waals surface area contributed by atoms with E-state index >= 15 is 0 Å². The largest absolute Gasteiger partial charge is 0.444 e. The SMILES string of the molecule is COCCN(CCn1cc(Br)cn1)C(=O)OC(C)(C)C. The summed E-state index contributed by atoms with van der Waals surface area (Å²) in [5, 5.41) is 4.16. The molecule has 0 fully saturated rings. The molecule has 0 aliphatic carbocycles. The lowest BCUT2D eigenvalue weighted by Gasteiger charge is -2.27. The van der Waals surface area contributed by atoms with Gasteiger partial charge in [-0.3, -0.25) is 4.68 Å². The van der Waals surface area contributed by atoms with Gasteiger partial charge in [0.05, 0.1) is 23.8 Å². The number of carbonyl (C=O) groups excluding carboxylic acids is 1. The lowest BCUT2D eigenvalue weighted by molar-refractivity contribution is 0.0193. The molecule has 0 unspecified atom stereocenters. The molecule has 114 valence electrons. The molecule has 0 bridgehead atoms. The Morgan fingerprint density at radius 3 is 2.65 bits per heavy atom. The maximum absolute atomic E-state index is 12.1. The minimum absolute atomic E-state index is 0.333. The average molecular weight is 348 g/mol. The van der Waals surface area contributed by atoms with Crippen LogP contribution in [-0.4, -0.2) is 53.2 Å². The van der Waals surface area contributed by atoms with E-state index in [9.17, 15) is 4.79 Å². The van der Waals surface area contributed by atoms with Crippen LogP contribution in [0.15, 0.2) is 16.9 Å². The first-order valence-electron chi connectivity index (χ1n) is 6.46. The van der Waals surface area contributed by atoms with Gasteiger partial charge in [0, 0.05) is 26.4 Å². The zero-order chi connectivity index (χ0) is 15.2. The van der Waals surface area contributed by atoms with Gasteiger partial charge >= 0.3 is 6.09 Å². The van der Waals surface area contributed by atoms with E-state index in [4.69, 9.17) is 9.47 Å². The Kier molecular flexibility index (Phi) is 6.48. The Bertz CT molecular complexity index is 429. The number of hydrogen-bond acceptors (Lipinski definition) is 4. The van der Waals surface area contributed by atoms with Crippen LogP contribution in [0.5, 0.6) is 0 Å². The van der Waals surface area contributed by atoms with Crippen molar-refractivity contribution in [1.82, 2.24) is 14.7 Å². The van der Waals surface area contributed by atoms with Crippen molar-refractivity contribution in [3.05, 3.63) is 16.9 Å². The predicted molar refractivity (Wildman–Crippen MR) is 79.6 cm³/mol. The summed E-state index contributed by atoms with van der Waals surface area (Å²) in [6, 6.07) is 0. The van der Waals surface area contributed by atoms with E-state index < -0.39 is 5.60 Å². The maximum atomic E-state index is 12.1. The number of amides is 1. The van der Waals surface area contributed by atoms with E-state index in [1.54, 1.807) is 22.9 Å². The smallest absolute Gasteiger partial charge is 0.410 e. The number of methoxy groups -OCH3 is 1. The van der Waals surface area contributed by atoms with Crippen molar-refractivity contribution in [2.24, 2.45) is 0 Å². The summed E-state index contributed by atoms with van der Waals surface area (Å²) < 4.78 is 13.1. The highest BCUT2D eigenvalue weighted by Gasteiger charge is 2.21. The van der Waals surface area contributed by atoms with Gasteiger partial charge in [-0.05, 0) is 36.7 Å². The number of carbonyl (C=O) groups is 1. The average Bonchev–Trinajstić information content (AvgIpc) is 2.73. The molecular weight excluding hydrogens is 326 g/mol. The first-order chi connectivity index (χ1) is 9.31. The monoisotopic (exact) mass is 347 g/mol. The maximum Gasteiger partial charge on any atom is 0.410 e. The van der Waals surface area contributed by atoms with Crippen LogP contribution < -0.4 is 0 Å². The Labute approximate surface area is 128 Å². The van der Waals surface area contributed by atoms with Crippen LogP contribution in [0.3, 0.4) is 0 Å². The predicted octanol–water partition coefficient (Wildman–Crippen LogP) is 2.53. The number of nitrogens with zero attached hydrogens (tertiary/aromatic N) is 3. The standard InChI is InChI=1S/C13H22BrN3O3/c1-13(2,3)20-12(18)16(7-8-19-4)5-6-17-10-11(14)9-15-17/h9-10H,5-8H2,1-4H3. The van der Waals surface area contributed by atoms with Crippen LogP contribution in [0.4, 0.5) is 4.79 Å². The highest BCUT2D eigenvalue weighted by Crippen LogP contribution is 2.10. The van der Waals surface area contributed by atoms with Crippen LogP contribution in [0, 0.1) is 0 Å². The summed E-state index contributed by atoms with van der Waals surface area (Å²) >= 11 is 3.34. The van der Waals surface area contributed by atoms with Gasteiger partial charge in [-0.15, -0.1) is 0 Å². The molecule has 0 atom stereocenters. The van der Waals surface area contributed by atoms with Crippen LogP contribution in [0.25, 0.3) is 0 Å². The third-order valence-corrected chi connectivity index (χ3v) is 2.83. The zero-order valence-corrected chi connectivity index (χ0v) is 14.0. The van der Waals surface area contributed by atoms with Crippen molar-refractivity contribution in [1.29, 1.82) is 0 Å². The van der Waals surface area contributed by atoms with Crippen molar-refractivity contribution >= 4 is 22.0 Å². The zero-order valence-electron chi connectivity index (χ0n) is 12.4. The van der Waals surface area contributed by atoms with E-state index in [0.717, 1.165) is 4.47 Å². The molecule has 0 aliphatic rings. The van der Waals surface area contributed by atoms with E-state index in [1.165, 1.54) is 0 Å². The van der Waals surface area contributed by atoms with Crippen LogP contribution >= 0.6 is 15.9 Å². The highest BCUT2D eigenvalue weighted by molar-refractivity contribution is 9.10. The Hall–Kier alpha value is -1.08. The molecule has 6 nitrogen and oxygen atoms in total. The Balaban J connectivity index is 2.56. The van der Waals surface area contributed by atoms with Crippen molar-refractivity contribution in [3.8, 4) is 0 Å². The number of halogens is 1. The third-order valence-electron chi connectivity index (χ3n) is 2.42. The number of ether oxygens (including phenoxy) is 2. The first kappa shape index (κ1) is 17.0. The van der Waals surface area contributed by atoms with Gasteiger partial charge in [0.25, 0.3) is 0 Å². The van der Waals surface area contributed by atoms with Crippen molar-refractivity contribution in [2.75, 3.05) is 26.8 Å². The van der Waals surface area contributed by atoms with Gasteiger partial charge in [0.1, 0.15) is 5.60 Å². The van der Waals surface area contributed by atoms with Crippen LogP contribution in [0.2, 0.25) is 0 Å². The van der Waals surface area contributed by atoms with E-state index in [-0.39, 0.29) is 6.09 Å². The summed E-state index contributed by atoms with van der Waals surface area (Å²) in [6.45, 7) is 7.65. The summed E-state index contributed by atoms with van der Waals surface area (Å²) in [4.78, 5) is 13.7. The lowest BCUT2D eigenvalue weighted by Crippen LogP contribution is -2.40. The molecule has 20 heavy (non-hydrogen) atoms. The first-order valence-corrected chi connectivity index (χ1v) is 7.26. The summed E-state index contributed by atoms with van der Waals surface area (Å²) in [5.74, 6) is 0. The van der Waals surface area contributed by atoms with Gasteiger partial charge in [0.15, 0.2) is 0 Å². The molecule has 0 saturated heterocycles. The molecular formula is C13H22BrN3O3. The van der Waals surface area contributed by atoms with E-state index in [1.807, 2.05) is 27.0 Å². The van der Waals surface area contributed by atoms with Gasteiger partial charge in [-0.25, -0.2) is 4.79 Å². The molecule has 0 aliphatic heterocycles. The summed E-state index contributed by atoms with van der Waals surface area (Å²) in [5.41, 5.74) is -0.503. The van der Waals surface area contributed by atoms with Crippen molar-refractivity contribution in [2.45, 2.75) is 32.9 Å². The molecule has 1 rings (SSSR count). The quantitative estimate of drug-likeness (QED) is 0.793. The molecule has 0 radical (unpaired) electrons. The minimum Gasteiger partial charge on any atom is -0.444 e. The number of aromatic nitrogens is 2.